The van der Waals surface area contributed by atoms with Crippen LogP contribution in [0.25, 0.3) is 0 Å². The molecule has 0 aromatic carbocycles. The van der Waals surface area contributed by atoms with Gasteiger partial charge in [0.1, 0.15) is 0 Å². The highest BCUT2D eigenvalue weighted by Gasteiger charge is 1.93. The maximum atomic E-state index is 4.03. The third-order valence-corrected chi connectivity index (χ3v) is 2.91. The lowest BCUT2D eigenvalue weighted by Crippen LogP contribution is -2.18. The summed E-state index contributed by atoms with van der Waals surface area (Å²) in [6, 6.07) is 0. The first-order valence-electron chi connectivity index (χ1n) is 6.57. The standard InChI is InChI=1S/C13H21N5/c1(2-8-17-10-6-15-12-17)4-14-5-3-9-18-11-7-16-13-18/h6-7,10-14H,1-5,8-9H2. The predicted molar refractivity (Wildman–Crippen MR) is 71.2 cm³/mol. The van der Waals surface area contributed by atoms with Crippen molar-refractivity contribution in [3.05, 3.63) is 37.4 Å². The van der Waals surface area contributed by atoms with Gasteiger partial charge in [-0.05, 0) is 32.4 Å². The van der Waals surface area contributed by atoms with Crippen molar-refractivity contribution >= 4 is 0 Å². The fourth-order valence-electron chi connectivity index (χ4n) is 1.89. The maximum absolute atomic E-state index is 4.03. The van der Waals surface area contributed by atoms with Gasteiger partial charge in [-0.15, -0.1) is 0 Å². The average molecular weight is 247 g/mol. The van der Waals surface area contributed by atoms with E-state index in [9.17, 15) is 0 Å². The summed E-state index contributed by atoms with van der Waals surface area (Å²) < 4.78 is 4.24. The predicted octanol–water partition coefficient (Wildman–Crippen LogP) is 1.54. The van der Waals surface area contributed by atoms with E-state index in [1.54, 1.807) is 0 Å². The van der Waals surface area contributed by atoms with Gasteiger partial charge in [0.15, 0.2) is 0 Å². The molecule has 0 spiro atoms. The summed E-state index contributed by atoms with van der Waals surface area (Å²) in [5.41, 5.74) is 0. The molecular weight excluding hydrogens is 226 g/mol. The number of aromatic nitrogens is 4. The number of unbranched alkanes of at least 4 members (excludes halogenated alkanes) is 1. The van der Waals surface area contributed by atoms with Gasteiger partial charge in [-0.1, -0.05) is 0 Å². The fraction of sp³-hybridized carbons (Fsp3) is 0.538. The highest BCUT2D eigenvalue weighted by molar-refractivity contribution is 4.74. The van der Waals surface area contributed by atoms with E-state index in [0.29, 0.717) is 0 Å². The van der Waals surface area contributed by atoms with Gasteiger partial charge < -0.3 is 14.5 Å². The molecule has 0 saturated heterocycles. The molecule has 98 valence electrons. The number of rotatable bonds is 9. The monoisotopic (exact) mass is 247 g/mol. The molecule has 2 aromatic heterocycles. The Morgan fingerprint density at radius 3 is 2.00 bits per heavy atom. The third kappa shape index (κ3) is 4.71. The summed E-state index contributed by atoms with van der Waals surface area (Å²) in [6.45, 7) is 4.28. The van der Waals surface area contributed by atoms with Crippen LogP contribution in [0.3, 0.4) is 0 Å². The zero-order valence-corrected chi connectivity index (χ0v) is 10.7. The largest absolute Gasteiger partial charge is 0.337 e. The van der Waals surface area contributed by atoms with Crippen molar-refractivity contribution < 1.29 is 0 Å². The normalized spacial score (nSPS) is 10.9. The van der Waals surface area contributed by atoms with Gasteiger partial charge >= 0.3 is 0 Å². The Kier molecular flexibility index (Phi) is 5.46. The number of imidazole rings is 2. The summed E-state index contributed by atoms with van der Waals surface area (Å²) in [5, 5.41) is 3.47. The topological polar surface area (TPSA) is 47.7 Å². The highest BCUT2D eigenvalue weighted by atomic mass is 15.0. The van der Waals surface area contributed by atoms with Crippen LogP contribution in [-0.2, 0) is 13.1 Å². The summed E-state index contributed by atoms with van der Waals surface area (Å²) >= 11 is 0. The minimum Gasteiger partial charge on any atom is -0.337 e. The van der Waals surface area contributed by atoms with Gasteiger partial charge in [0, 0.05) is 37.9 Å². The van der Waals surface area contributed by atoms with Crippen LogP contribution in [0.4, 0.5) is 0 Å². The smallest absolute Gasteiger partial charge is 0.0945 e. The molecule has 5 heteroatoms. The lowest BCUT2D eigenvalue weighted by Gasteiger charge is -2.05. The van der Waals surface area contributed by atoms with Crippen molar-refractivity contribution in [3.8, 4) is 0 Å². The second-order valence-corrected chi connectivity index (χ2v) is 4.41. The molecule has 2 aromatic rings. The molecule has 0 aliphatic carbocycles. The molecule has 5 nitrogen and oxygen atoms in total. The molecule has 0 fully saturated rings. The van der Waals surface area contributed by atoms with E-state index in [4.69, 9.17) is 0 Å². The van der Waals surface area contributed by atoms with Crippen LogP contribution in [0.5, 0.6) is 0 Å². The van der Waals surface area contributed by atoms with Gasteiger partial charge in [0.25, 0.3) is 0 Å². The fourth-order valence-corrected chi connectivity index (χ4v) is 1.89. The Morgan fingerprint density at radius 1 is 0.778 bits per heavy atom. The first-order chi connectivity index (χ1) is 8.95. The van der Waals surface area contributed by atoms with Crippen molar-refractivity contribution in [1.82, 2.24) is 24.4 Å². The van der Waals surface area contributed by atoms with Crippen LogP contribution >= 0.6 is 0 Å². The minimum absolute atomic E-state index is 1.04. The Balaban J connectivity index is 1.40. The molecule has 0 radical (unpaired) electrons. The Hall–Kier alpha value is -1.62. The molecule has 0 amide bonds. The van der Waals surface area contributed by atoms with E-state index in [1.807, 2.05) is 37.4 Å². The van der Waals surface area contributed by atoms with Gasteiger partial charge in [-0.25, -0.2) is 9.97 Å². The van der Waals surface area contributed by atoms with Gasteiger partial charge in [-0.3, -0.25) is 0 Å². The second kappa shape index (κ2) is 7.66. The summed E-state index contributed by atoms with van der Waals surface area (Å²) in [4.78, 5) is 8.05. The first-order valence-corrected chi connectivity index (χ1v) is 6.57. The Bertz CT molecular complexity index is 353. The number of hydrogen-bond acceptors (Lipinski definition) is 3. The highest BCUT2D eigenvalue weighted by Crippen LogP contribution is 1.94. The van der Waals surface area contributed by atoms with Crippen LogP contribution in [0.2, 0.25) is 0 Å². The van der Waals surface area contributed by atoms with Crippen molar-refractivity contribution in [1.29, 1.82) is 0 Å². The number of nitrogens with zero attached hydrogens (tertiary/aromatic N) is 4. The van der Waals surface area contributed by atoms with Crippen LogP contribution in [0.15, 0.2) is 37.4 Å². The van der Waals surface area contributed by atoms with E-state index in [1.165, 1.54) is 12.8 Å². The zero-order chi connectivity index (χ0) is 12.5. The molecule has 2 heterocycles. The molecule has 0 bridgehead atoms. The molecule has 18 heavy (non-hydrogen) atoms. The second-order valence-electron chi connectivity index (χ2n) is 4.41. The SMILES string of the molecule is c1cn(CCCCNCCCn2ccnc2)cn1. The molecule has 1 N–H and O–H groups in total. The number of nitrogens with one attached hydrogen (secondary N) is 1. The Labute approximate surface area is 108 Å². The molecule has 0 aliphatic rings. The summed E-state index contributed by atoms with van der Waals surface area (Å²) in [6.07, 6.45) is 15.0. The molecule has 0 aliphatic heterocycles. The van der Waals surface area contributed by atoms with Crippen LogP contribution in [0.1, 0.15) is 19.3 Å². The quantitative estimate of drug-likeness (QED) is 0.684. The zero-order valence-electron chi connectivity index (χ0n) is 10.7. The summed E-state index contributed by atoms with van der Waals surface area (Å²) in [5.74, 6) is 0. The molecule has 0 unspecified atom stereocenters. The van der Waals surface area contributed by atoms with E-state index >= 15 is 0 Å². The average Bonchev–Trinajstić information content (AvgIpc) is 3.05. The van der Waals surface area contributed by atoms with Crippen LogP contribution < -0.4 is 5.32 Å². The number of hydrogen-bond donors (Lipinski definition) is 1. The van der Waals surface area contributed by atoms with Crippen molar-refractivity contribution in [3.63, 3.8) is 0 Å². The third-order valence-electron chi connectivity index (χ3n) is 2.91. The minimum atomic E-state index is 1.04. The van der Waals surface area contributed by atoms with E-state index in [0.717, 1.165) is 32.6 Å². The lowest BCUT2D eigenvalue weighted by atomic mass is 10.3. The molecular formula is C13H21N5. The maximum Gasteiger partial charge on any atom is 0.0945 e. The molecule has 0 saturated carbocycles. The van der Waals surface area contributed by atoms with Crippen molar-refractivity contribution in [2.45, 2.75) is 32.4 Å². The van der Waals surface area contributed by atoms with Crippen molar-refractivity contribution in [2.24, 2.45) is 0 Å². The number of aryl methyl sites for hydroxylation is 2. The van der Waals surface area contributed by atoms with Gasteiger partial charge in [0.05, 0.1) is 12.7 Å². The van der Waals surface area contributed by atoms with E-state index < -0.39 is 0 Å². The summed E-state index contributed by atoms with van der Waals surface area (Å²) in [7, 11) is 0. The van der Waals surface area contributed by atoms with Gasteiger partial charge in [0.2, 0.25) is 0 Å². The molecule has 2 rings (SSSR count). The van der Waals surface area contributed by atoms with Gasteiger partial charge in [-0.2, -0.15) is 0 Å². The van der Waals surface area contributed by atoms with Crippen molar-refractivity contribution in [2.75, 3.05) is 13.1 Å². The van der Waals surface area contributed by atoms with E-state index in [2.05, 4.69) is 24.4 Å². The lowest BCUT2D eigenvalue weighted by molar-refractivity contribution is 0.541. The molecule has 0 atom stereocenters. The van der Waals surface area contributed by atoms with E-state index in [-0.39, 0.29) is 0 Å². The first kappa shape index (κ1) is 12.8. The Morgan fingerprint density at radius 2 is 1.39 bits per heavy atom. The van der Waals surface area contributed by atoms with Crippen LogP contribution in [0, 0.1) is 0 Å². The van der Waals surface area contributed by atoms with Crippen LogP contribution in [-0.4, -0.2) is 32.2 Å².